The number of hydrogen-bond donors (Lipinski definition) is 1. The van der Waals surface area contributed by atoms with Gasteiger partial charge in [0.15, 0.2) is 0 Å². The third-order valence-corrected chi connectivity index (χ3v) is 4.22. The van der Waals surface area contributed by atoms with Crippen molar-refractivity contribution in [2.75, 3.05) is 7.11 Å². The fourth-order valence-electron chi connectivity index (χ4n) is 2.41. The minimum absolute atomic E-state index is 0.208. The molecule has 0 spiro atoms. The second kappa shape index (κ2) is 4.82. The maximum absolute atomic E-state index is 10.5. The summed E-state index contributed by atoms with van der Waals surface area (Å²) in [5, 5.41) is 13.6. The fraction of sp³-hybridized carbons (Fsp3) is 0.750. The van der Waals surface area contributed by atoms with Crippen molar-refractivity contribution in [2.45, 2.75) is 50.7 Å². The van der Waals surface area contributed by atoms with Crippen molar-refractivity contribution in [3.8, 4) is 0 Å². The van der Waals surface area contributed by atoms with E-state index in [9.17, 15) is 5.11 Å². The number of aromatic nitrogens is 1. The highest BCUT2D eigenvalue weighted by atomic mass is 32.1. The number of ether oxygens (including phenoxy) is 1. The Morgan fingerprint density at radius 1 is 1.69 bits per heavy atom. The first kappa shape index (κ1) is 12.0. The maximum Gasteiger partial charge on any atom is 0.0956 e. The number of thiazole rings is 1. The monoisotopic (exact) mass is 241 g/mol. The molecule has 2 atom stereocenters. The van der Waals surface area contributed by atoms with Gasteiger partial charge in [0, 0.05) is 31.0 Å². The van der Waals surface area contributed by atoms with E-state index in [1.54, 1.807) is 18.4 Å². The van der Waals surface area contributed by atoms with Crippen molar-refractivity contribution < 1.29 is 9.84 Å². The predicted molar refractivity (Wildman–Crippen MR) is 64.8 cm³/mol. The topological polar surface area (TPSA) is 42.4 Å². The van der Waals surface area contributed by atoms with Crippen LogP contribution in [0.3, 0.4) is 0 Å². The van der Waals surface area contributed by atoms with Crippen LogP contribution in [0.5, 0.6) is 0 Å². The molecule has 0 bridgehead atoms. The fourth-order valence-corrected chi connectivity index (χ4v) is 3.32. The molecule has 2 unspecified atom stereocenters. The highest BCUT2D eigenvalue weighted by molar-refractivity contribution is 7.09. The molecule has 0 aliphatic heterocycles. The molecule has 0 saturated heterocycles. The summed E-state index contributed by atoms with van der Waals surface area (Å²) in [4.78, 5) is 4.42. The van der Waals surface area contributed by atoms with Crippen LogP contribution in [0.2, 0.25) is 0 Å². The van der Waals surface area contributed by atoms with Crippen molar-refractivity contribution in [3.05, 3.63) is 16.1 Å². The minimum atomic E-state index is -0.608. The van der Waals surface area contributed by atoms with Crippen LogP contribution >= 0.6 is 11.3 Å². The van der Waals surface area contributed by atoms with Crippen molar-refractivity contribution in [3.63, 3.8) is 0 Å². The summed E-state index contributed by atoms with van der Waals surface area (Å²) in [6.45, 7) is 1.99. The molecule has 90 valence electrons. The minimum Gasteiger partial charge on any atom is -0.389 e. The Balaban J connectivity index is 2.01. The standard InChI is InChI=1S/C12H19NO2S/c1-9-8-16-11(13-9)7-12(14)5-3-4-10(6-12)15-2/h8,10,14H,3-7H2,1-2H3. The van der Waals surface area contributed by atoms with E-state index in [-0.39, 0.29) is 6.10 Å². The first-order valence-electron chi connectivity index (χ1n) is 5.77. The summed E-state index contributed by atoms with van der Waals surface area (Å²) >= 11 is 1.64. The molecule has 1 heterocycles. The van der Waals surface area contributed by atoms with E-state index in [2.05, 4.69) is 4.98 Å². The van der Waals surface area contributed by atoms with Gasteiger partial charge in [0.25, 0.3) is 0 Å². The highest BCUT2D eigenvalue weighted by Crippen LogP contribution is 2.33. The second-order valence-electron chi connectivity index (χ2n) is 4.74. The molecule has 0 aromatic carbocycles. The second-order valence-corrected chi connectivity index (χ2v) is 5.68. The first-order valence-corrected chi connectivity index (χ1v) is 6.65. The van der Waals surface area contributed by atoms with Crippen molar-refractivity contribution in [1.82, 2.24) is 4.98 Å². The number of aliphatic hydroxyl groups is 1. The van der Waals surface area contributed by atoms with Crippen LogP contribution in [-0.2, 0) is 11.2 Å². The lowest BCUT2D eigenvalue weighted by atomic mass is 9.81. The van der Waals surface area contributed by atoms with Crippen molar-refractivity contribution >= 4 is 11.3 Å². The van der Waals surface area contributed by atoms with Crippen molar-refractivity contribution in [1.29, 1.82) is 0 Å². The van der Waals surface area contributed by atoms with E-state index in [1.807, 2.05) is 12.3 Å². The average molecular weight is 241 g/mol. The van der Waals surface area contributed by atoms with E-state index < -0.39 is 5.60 Å². The van der Waals surface area contributed by atoms with Gasteiger partial charge in [0.1, 0.15) is 0 Å². The molecule has 4 heteroatoms. The van der Waals surface area contributed by atoms with Crippen LogP contribution in [0.25, 0.3) is 0 Å². The molecule has 1 N–H and O–H groups in total. The van der Waals surface area contributed by atoms with Crippen LogP contribution < -0.4 is 0 Å². The molecule has 1 aliphatic rings. The number of hydrogen-bond acceptors (Lipinski definition) is 4. The third-order valence-electron chi connectivity index (χ3n) is 3.26. The molecule has 1 aromatic rings. The Kier molecular flexibility index (Phi) is 3.62. The summed E-state index contributed by atoms with van der Waals surface area (Å²) < 4.78 is 5.35. The largest absolute Gasteiger partial charge is 0.389 e. The zero-order valence-corrected chi connectivity index (χ0v) is 10.7. The molecule has 1 saturated carbocycles. The Labute approximate surface area is 100 Å². The Bertz CT molecular complexity index is 353. The lowest BCUT2D eigenvalue weighted by molar-refractivity contribution is -0.0581. The first-order chi connectivity index (χ1) is 7.61. The molecule has 0 amide bonds. The van der Waals surface area contributed by atoms with Gasteiger partial charge >= 0.3 is 0 Å². The van der Waals surface area contributed by atoms with E-state index >= 15 is 0 Å². The van der Waals surface area contributed by atoms with Gasteiger partial charge in [-0.05, 0) is 26.2 Å². The quantitative estimate of drug-likeness (QED) is 0.883. The summed E-state index contributed by atoms with van der Waals surface area (Å²) in [6, 6.07) is 0. The molecule has 16 heavy (non-hydrogen) atoms. The molecular weight excluding hydrogens is 222 g/mol. The van der Waals surface area contributed by atoms with E-state index in [0.717, 1.165) is 36.4 Å². The molecule has 1 aromatic heterocycles. The molecule has 1 aliphatic carbocycles. The van der Waals surface area contributed by atoms with E-state index in [1.165, 1.54) is 0 Å². The van der Waals surface area contributed by atoms with Gasteiger partial charge in [-0.1, -0.05) is 0 Å². The molecule has 2 rings (SSSR count). The number of aryl methyl sites for hydroxylation is 1. The number of rotatable bonds is 3. The van der Waals surface area contributed by atoms with Crippen LogP contribution in [0.15, 0.2) is 5.38 Å². The van der Waals surface area contributed by atoms with E-state index in [0.29, 0.717) is 6.42 Å². The summed E-state index contributed by atoms with van der Waals surface area (Å²) in [5.41, 5.74) is 0.436. The zero-order chi connectivity index (χ0) is 11.6. The summed E-state index contributed by atoms with van der Waals surface area (Å²) in [6.07, 6.45) is 4.59. The van der Waals surface area contributed by atoms with Gasteiger partial charge in [-0.25, -0.2) is 4.98 Å². The summed E-state index contributed by atoms with van der Waals surface area (Å²) in [5.74, 6) is 0. The van der Waals surface area contributed by atoms with Crippen LogP contribution in [-0.4, -0.2) is 28.9 Å². The van der Waals surface area contributed by atoms with Crippen LogP contribution in [0.1, 0.15) is 36.4 Å². The predicted octanol–water partition coefficient (Wildman–Crippen LogP) is 2.31. The Morgan fingerprint density at radius 3 is 3.12 bits per heavy atom. The van der Waals surface area contributed by atoms with Gasteiger partial charge in [-0.15, -0.1) is 11.3 Å². The Hall–Kier alpha value is -0.450. The third kappa shape index (κ3) is 2.81. The Morgan fingerprint density at radius 2 is 2.50 bits per heavy atom. The number of methoxy groups -OCH3 is 1. The SMILES string of the molecule is COC1CCCC(O)(Cc2nc(C)cs2)C1. The zero-order valence-electron chi connectivity index (χ0n) is 9.90. The average Bonchev–Trinajstić information content (AvgIpc) is 2.63. The lowest BCUT2D eigenvalue weighted by Gasteiger charge is -2.35. The van der Waals surface area contributed by atoms with Gasteiger partial charge in [-0.2, -0.15) is 0 Å². The van der Waals surface area contributed by atoms with Gasteiger partial charge in [-0.3, -0.25) is 0 Å². The smallest absolute Gasteiger partial charge is 0.0956 e. The lowest BCUT2D eigenvalue weighted by Crippen LogP contribution is -2.40. The van der Waals surface area contributed by atoms with Gasteiger partial charge in [0.2, 0.25) is 0 Å². The molecular formula is C12H19NO2S. The number of nitrogens with zero attached hydrogens (tertiary/aromatic N) is 1. The van der Waals surface area contributed by atoms with Crippen LogP contribution in [0, 0.1) is 6.92 Å². The maximum atomic E-state index is 10.5. The highest BCUT2D eigenvalue weighted by Gasteiger charge is 2.35. The normalized spacial score (nSPS) is 30.6. The molecule has 0 radical (unpaired) electrons. The van der Waals surface area contributed by atoms with Gasteiger partial charge in [0.05, 0.1) is 16.7 Å². The van der Waals surface area contributed by atoms with Crippen LogP contribution in [0.4, 0.5) is 0 Å². The summed E-state index contributed by atoms with van der Waals surface area (Å²) in [7, 11) is 1.73. The van der Waals surface area contributed by atoms with Gasteiger partial charge < -0.3 is 9.84 Å². The van der Waals surface area contributed by atoms with E-state index in [4.69, 9.17) is 4.74 Å². The van der Waals surface area contributed by atoms with Crippen molar-refractivity contribution in [2.24, 2.45) is 0 Å². The molecule has 3 nitrogen and oxygen atoms in total. The molecule has 1 fully saturated rings.